The molecule has 0 saturated carbocycles. The van der Waals surface area contributed by atoms with Crippen LogP contribution in [0.2, 0.25) is 0 Å². The van der Waals surface area contributed by atoms with Gasteiger partial charge in [-0.05, 0) is 49.2 Å². The van der Waals surface area contributed by atoms with Crippen molar-refractivity contribution < 1.29 is 18.4 Å². The molecule has 1 aliphatic rings. The molecular weight excluding hydrogens is 386 g/mol. The van der Waals surface area contributed by atoms with E-state index in [9.17, 15) is 18.4 Å². The molecule has 0 bridgehead atoms. The van der Waals surface area contributed by atoms with Gasteiger partial charge >= 0.3 is 0 Å². The normalized spacial score (nSPS) is 13.9. The fraction of sp³-hybridized carbons (Fsp3) is 0.0833. The van der Waals surface area contributed by atoms with Gasteiger partial charge in [0.15, 0.2) is 0 Å². The molecule has 0 spiro atoms. The number of anilines is 2. The van der Waals surface area contributed by atoms with Crippen molar-refractivity contribution >= 4 is 28.8 Å². The first-order chi connectivity index (χ1) is 14.4. The average Bonchev–Trinajstić information content (AvgIpc) is 2.95. The highest BCUT2D eigenvalue weighted by atomic mass is 19.1. The maximum Gasteiger partial charge on any atom is 0.282 e. The van der Waals surface area contributed by atoms with E-state index >= 15 is 0 Å². The molecule has 1 N–H and O–H groups in total. The summed E-state index contributed by atoms with van der Waals surface area (Å²) < 4.78 is 28.2. The Morgan fingerprint density at radius 2 is 1.57 bits per heavy atom. The average molecular weight is 404 g/mol. The zero-order chi connectivity index (χ0) is 21.4. The van der Waals surface area contributed by atoms with E-state index in [1.165, 1.54) is 0 Å². The molecule has 150 valence electrons. The Morgan fingerprint density at radius 3 is 2.27 bits per heavy atom. The monoisotopic (exact) mass is 404 g/mol. The van der Waals surface area contributed by atoms with E-state index in [1.807, 2.05) is 32.0 Å². The number of amides is 2. The lowest BCUT2D eigenvalue weighted by Crippen LogP contribution is -2.33. The molecule has 3 aromatic rings. The number of hydrogen-bond donors (Lipinski definition) is 1. The highest BCUT2D eigenvalue weighted by Gasteiger charge is 2.42. The summed E-state index contributed by atoms with van der Waals surface area (Å²) in [5.41, 5.74) is 2.65. The lowest BCUT2D eigenvalue weighted by molar-refractivity contribution is -0.120. The van der Waals surface area contributed by atoms with Crippen molar-refractivity contribution in [1.29, 1.82) is 0 Å². The zero-order valence-electron chi connectivity index (χ0n) is 16.4. The Labute approximate surface area is 172 Å². The van der Waals surface area contributed by atoms with Crippen LogP contribution >= 0.6 is 0 Å². The molecule has 0 aromatic heterocycles. The second-order valence-corrected chi connectivity index (χ2v) is 7.10. The summed E-state index contributed by atoms with van der Waals surface area (Å²) in [5, 5.41) is 3.00. The standard InChI is InChI=1S/C24H18F2N2O2/c1-14-8-10-18(15(2)12-14)21-22(27-17-6-4-3-5-7-17)24(30)28(23(21)29)20-13-16(25)9-11-19(20)26/h3-13,27H,1-2H3. The van der Waals surface area contributed by atoms with Crippen molar-refractivity contribution in [2.24, 2.45) is 0 Å². The number of hydrogen-bond acceptors (Lipinski definition) is 3. The molecule has 0 fully saturated rings. The van der Waals surface area contributed by atoms with Gasteiger partial charge in [0.2, 0.25) is 0 Å². The second-order valence-electron chi connectivity index (χ2n) is 7.10. The lowest BCUT2D eigenvalue weighted by Gasteiger charge is -2.16. The third-order valence-electron chi connectivity index (χ3n) is 4.93. The van der Waals surface area contributed by atoms with Crippen LogP contribution in [0.1, 0.15) is 16.7 Å². The molecule has 4 rings (SSSR count). The first kappa shape index (κ1) is 19.5. The Morgan fingerprint density at radius 1 is 0.833 bits per heavy atom. The van der Waals surface area contributed by atoms with E-state index in [2.05, 4.69) is 5.32 Å². The molecule has 30 heavy (non-hydrogen) atoms. The Kier molecular flexibility index (Phi) is 4.91. The van der Waals surface area contributed by atoms with Gasteiger partial charge < -0.3 is 5.32 Å². The maximum absolute atomic E-state index is 14.4. The van der Waals surface area contributed by atoms with Gasteiger partial charge in [-0.1, -0.05) is 42.0 Å². The number of carbonyl (C=O) groups excluding carboxylic acids is 2. The quantitative estimate of drug-likeness (QED) is 0.624. The first-order valence-corrected chi connectivity index (χ1v) is 9.34. The minimum Gasteiger partial charge on any atom is -0.350 e. The molecule has 0 unspecified atom stereocenters. The topological polar surface area (TPSA) is 49.4 Å². The van der Waals surface area contributed by atoms with Gasteiger partial charge in [0.25, 0.3) is 11.8 Å². The van der Waals surface area contributed by atoms with Crippen LogP contribution in [-0.2, 0) is 9.59 Å². The predicted octanol–water partition coefficient (Wildman–Crippen LogP) is 4.98. The molecule has 0 saturated heterocycles. The van der Waals surface area contributed by atoms with Crippen LogP contribution in [0, 0.1) is 25.5 Å². The van der Waals surface area contributed by atoms with E-state index < -0.39 is 29.1 Å². The van der Waals surface area contributed by atoms with E-state index in [0.717, 1.165) is 29.3 Å². The summed E-state index contributed by atoms with van der Waals surface area (Å²) >= 11 is 0. The van der Waals surface area contributed by atoms with Gasteiger partial charge in [0.05, 0.1) is 11.3 Å². The molecular formula is C24H18F2N2O2. The number of imide groups is 1. The molecule has 0 radical (unpaired) electrons. The van der Waals surface area contributed by atoms with Gasteiger partial charge in [-0.2, -0.15) is 0 Å². The van der Waals surface area contributed by atoms with Crippen LogP contribution in [0.3, 0.4) is 0 Å². The fourth-order valence-electron chi connectivity index (χ4n) is 3.53. The number of rotatable bonds is 4. The fourth-order valence-corrected chi connectivity index (χ4v) is 3.53. The van der Waals surface area contributed by atoms with E-state index in [0.29, 0.717) is 16.2 Å². The minimum atomic E-state index is -0.862. The maximum atomic E-state index is 14.4. The summed E-state index contributed by atoms with van der Waals surface area (Å²) in [7, 11) is 0. The Hall–Kier alpha value is -3.80. The van der Waals surface area contributed by atoms with E-state index in [4.69, 9.17) is 0 Å². The van der Waals surface area contributed by atoms with Crippen molar-refractivity contribution in [2.45, 2.75) is 13.8 Å². The Bertz CT molecular complexity index is 1200. The summed E-state index contributed by atoms with van der Waals surface area (Å²) in [5.74, 6) is -3.07. The number of aryl methyl sites for hydroxylation is 2. The van der Waals surface area contributed by atoms with Crippen LogP contribution in [0.4, 0.5) is 20.2 Å². The van der Waals surface area contributed by atoms with Gasteiger partial charge in [-0.15, -0.1) is 0 Å². The number of nitrogens with one attached hydrogen (secondary N) is 1. The smallest absolute Gasteiger partial charge is 0.282 e. The Balaban J connectivity index is 1.89. The van der Waals surface area contributed by atoms with E-state index in [1.54, 1.807) is 30.3 Å². The van der Waals surface area contributed by atoms with Gasteiger partial charge in [-0.25, -0.2) is 13.7 Å². The SMILES string of the molecule is Cc1ccc(C2=C(Nc3ccccc3)C(=O)N(c3cc(F)ccc3F)C2=O)c(C)c1. The number of carbonyl (C=O) groups is 2. The van der Waals surface area contributed by atoms with Crippen LogP contribution in [-0.4, -0.2) is 11.8 Å². The number of benzene rings is 3. The van der Waals surface area contributed by atoms with Crippen LogP contribution in [0.15, 0.2) is 72.4 Å². The lowest BCUT2D eigenvalue weighted by atomic mass is 9.97. The first-order valence-electron chi connectivity index (χ1n) is 9.34. The second kappa shape index (κ2) is 7.55. The third-order valence-corrected chi connectivity index (χ3v) is 4.93. The zero-order valence-corrected chi connectivity index (χ0v) is 16.4. The minimum absolute atomic E-state index is 0.0156. The third kappa shape index (κ3) is 3.37. The molecule has 6 heteroatoms. The predicted molar refractivity (Wildman–Crippen MR) is 112 cm³/mol. The van der Waals surface area contributed by atoms with Gasteiger partial charge in [-0.3, -0.25) is 9.59 Å². The van der Waals surface area contributed by atoms with Crippen LogP contribution in [0.25, 0.3) is 5.57 Å². The van der Waals surface area contributed by atoms with Crippen molar-refractivity contribution in [3.8, 4) is 0 Å². The number of halogens is 2. The number of nitrogens with zero attached hydrogens (tertiary/aromatic N) is 1. The highest BCUT2D eigenvalue weighted by molar-refractivity contribution is 6.46. The van der Waals surface area contributed by atoms with Crippen molar-refractivity contribution in [3.05, 3.63) is 101 Å². The molecule has 1 aliphatic heterocycles. The molecule has 1 heterocycles. The summed E-state index contributed by atoms with van der Waals surface area (Å²) in [6, 6.07) is 17.0. The molecule has 3 aromatic carbocycles. The summed E-state index contributed by atoms with van der Waals surface area (Å²) in [6.45, 7) is 3.75. The molecule has 0 atom stereocenters. The summed E-state index contributed by atoms with van der Waals surface area (Å²) in [6.07, 6.45) is 0. The van der Waals surface area contributed by atoms with Crippen molar-refractivity contribution in [2.75, 3.05) is 10.2 Å². The molecule has 0 aliphatic carbocycles. The number of para-hydroxylation sites is 1. The van der Waals surface area contributed by atoms with Gasteiger partial charge in [0.1, 0.15) is 17.3 Å². The molecule has 4 nitrogen and oxygen atoms in total. The van der Waals surface area contributed by atoms with E-state index in [-0.39, 0.29) is 11.3 Å². The van der Waals surface area contributed by atoms with Crippen LogP contribution < -0.4 is 10.2 Å². The van der Waals surface area contributed by atoms with Crippen molar-refractivity contribution in [1.82, 2.24) is 0 Å². The largest absolute Gasteiger partial charge is 0.350 e. The molecule has 2 amide bonds. The van der Waals surface area contributed by atoms with Gasteiger partial charge in [0, 0.05) is 11.8 Å². The van der Waals surface area contributed by atoms with Crippen LogP contribution in [0.5, 0.6) is 0 Å². The highest BCUT2D eigenvalue weighted by Crippen LogP contribution is 2.36. The summed E-state index contributed by atoms with van der Waals surface area (Å²) in [4.78, 5) is 27.3. The van der Waals surface area contributed by atoms with Crippen molar-refractivity contribution in [3.63, 3.8) is 0 Å².